The molecule has 0 amide bonds. The van der Waals surface area contributed by atoms with E-state index < -0.39 is 5.41 Å². The lowest BCUT2D eigenvalue weighted by atomic mass is 9.70. The molecule has 0 bridgehead atoms. The normalized spacial score (nSPS) is 13.6. The van der Waals surface area contributed by atoms with Crippen LogP contribution in [0.15, 0.2) is 180 Å². The third-order valence-corrected chi connectivity index (χ3v) is 12.2. The third kappa shape index (κ3) is 3.66. The molecule has 4 heteroatoms. The fourth-order valence-electron chi connectivity index (χ4n) is 9.99. The molecule has 8 aromatic carbocycles. The summed E-state index contributed by atoms with van der Waals surface area (Å²) < 4.78 is 8.76. The SMILES string of the molecule is c1ccc2c(c1)-c1ccccc1C21c2ccccc2-c2ccc(-c3nc4c(nc3-n3c5ccccc5c5cc6ccccc6cc53)oc3ccccc34)cc21. The monoisotopic (exact) mass is 699 g/mol. The maximum atomic E-state index is 6.46. The zero-order chi connectivity index (χ0) is 35.8. The molecule has 2 aliphatic carbocycles. The maximum absolute atomic E-state index is 6.46. The highest BCUT2D eigenvalue weighted by Crippen LogP contribution is 2.63. The predicted molar refractivity (Wildman–Crippen MR) is 223 cm³/mol. The Morgan fingerprint density at radius 1 is 0.436 bits per heavy atom. The van der Waals surface area contributed by atoms with Gasteiger partial charge in [0.15, 0.2) is 5.82 Å². The molecule has 13 rings (SSSR count). The van der Waals surface area contributed by atoms with Gasteiger partial charge in [-0.05, 0) is 91.7 Å². The Labute approximate surface area is 315 Å². The number of aromatic nitrogens is 3. The van der Waals surface area contributed by atoms with E-state index >= 15 is 0 Å². The van der Waals surface area contributed by atoms with Gasteiger partial charge in [0.05, 0.1) is 16.4 Å². The highest BCUT2D eigenvalue weighted by molar-refractivity contribution is 6.14. The molecule has 2 aliphatic rings. The zero-order valence-corrected chi connectivity index (χ0v) is 29.5. The number of para-hydroxylation sites is 2. The second-order valence-corrected chi connectivity index (χ2v) is 14.9. The summed E-state index contributed by atoms with van der Waals surface area (Å²) in [6.45, 7) is 0. The molecule has 0 fully saturated rings. The number of nitrogens with zero attached hydrogens (tertiary/aromatic N) is 3. The van der Waals surface area contributed by atoms with Crippen molar-refractivity contribution in [2.24, 2.45) is 0 Å². The van der Waals surface area contributed by atoms with Crippen LogP contribution < -0.4 is 0 Å². The number of rotatable bonds is 2. The first-order valence-electron chi connectivity index (χ1n) is 18.8. The van der Waals surface area contributed by atoms with Gasteiger partial charge in [-0.15, -0.1) is 0 Å². The van der Waals surface area contributed by atoms with Crippen molar-refractivity contribution in [1.82, 2.24) is 14.5 Å². The van der Waals surface area contributed by atoms with E-state index in [1.165, 1.54) is 66.1 Å². The molecule has 1 spiro atoms. The van der Waals surface area contributed by atoms with E-state index in [1.54, 1.807) is 0 Å². The van der Waals surface area contributed by atoms with Crippen molar-refractivity contribution in [2.75, 3.05) is 0 Å². The Balaban J connectivity index is 1.16. The lowest BCUT2D eigenvalue weighted by molar-refractivity contribution is 0.652. The van der Waals surface area contributed by atoms with Gasteiger partial charge in [-0.1, -0.05) is 140 Å². The molecule has 4 nitrogen and oxygen atoms in total. The third-order valence-electron chi connectivity index (χ3n) is 12.2. The molecule has 55 heavy (non-hydrogen) atoms. The van der Waals surface area contributed by atoms with Crippen molar-refractivity contribution in [1.29, 1.82) is 0 Å². The Bertz CT molecular complexity index is 3390. The summed E-state index contributed by atoms with van der Waals surface area (Å²) in [5, 5.41) is 5.68. The molecule has 254 valence electrons. The average molecular weight is 700 g/mol. The summed E-state index contributed by atoms with van der Waals surface area (Å²) in [5.41, 5.74) is 15.9. The highest BCUT2D eigenvalue weighted by Gasteiger charge is 2.51. The van der Waals surface area contributed by atoms with Crippen molar-refractivity contribution >= 4 is 54.8 Å². The van der Waals surface area contributed by atoms with Crippen molar-refractivity contribution in [3.05, 3.63) is 198 Å². The van der Waals surface area contributed by atoms with Crippen molar-refractivity contribution in [3.63, 3.8) is 0 Å². The van der Waals surface area contributed by atoms with E-state index in [9.17, 15) is 0 Å². The van der Waals surface area contributed by atoms with Crippen LogP contribution in [-0.2, 0) is 5.41 Å². The molecular formula is C51H29N3O. The summed E-state index contributed by atoms with van der Waals surface area (Å²) in [4.78, 5) is 11.0. The minimum absolute atomic E-state index is 0.471. The first-order valence-corrected chi connectivity index (χ1v) is 18.8. The van der Waals surface area contributed by atoms with Crippen LogP contribution in [0.25, 0.3) is 94.1 Å². The summed E-state index contributed by atoms with van der Waals surface area (Å²) >= 11 is 0. The number of hydrogen-bond acceptors (Lipinski definition) is 3. The van der Waals surface area contributed by atoms with E-state index in [0.717, 1.165) is 44.6 Å². The fourth-order valence-corrected chi connectivity index (χ4v) is 9.99. The van der Waals surface area contributed by atoms with Crippen LogP contribution in [0.1, 0.15) is 22.3 Å². The van der Waals surface area contributed by atoms with Crippen LogP contribution in [0.3, 0.4) is 0 Å². The molecular weight excluding hydrogens is 671 g/mol. The number of fused-ring (bicyclic) bond motifs is 17. The van der Waals surface area contributed by atoms with Crippen molar-refractivity contribution in [3.8, 4) is 39.3 Å². The van der Waals surface area contributed by atoms with Crippen LogP contribution in [0.2, 0.25) is 0 Å². The molecule has 0 saturated heterocycles. The molecule has 3 aromatic heterocycles. The smallest absolute Gasteiger partial charge is 0.248 e. The molecule has 0 N–H and O–H groups in total. The van der Waals surface area contributed by atoms with Gasteiger partial charge in [0, 0.05) is 21.7 Å². The molecule has 11 aromatic rings. The molecule has 0 saturated carbocycles. The lowest BCUT2D eigenvalue weighted by Gasteiger charge is -2.30. The first-order chi connectivity index (χ1) is 27.3. The Kier molecular flexibility index (Phi) is 5.54. The lowest BCUT2D eigenvalue weighted by Crippen LogP contribution is -2.25. The van der Waals surface area contributed by atoms with E-state index in [-0.39, 0.29) is 0 Å². The zero-order valence-electron chi connectivity index (χ0n) is 29.5. The summed E-state index contributed by atoms with van der Waals surface area (Å²) in [7, 11) is 0. The number of hydrogen-bond donors (Lipinski definition) is 0. The van der Waals surface area contributed by atoms with Crippen molar-refractivity contribution < 1.29 is 4.42 Å². The first kappa shape index (κ1) is 29.2. The van der Waals surface area contributed by atoms with Crippen LogP contribution in [0.4, 0.5) is 0 Å². The Hall–Kier alpha value is -7.30. The summed E-state index contributed by atoms with van der Waals surface area (Å²) in [6.07, 6.45) is 0. The quantitative estimate of drug-likeness (QED) is 0.180. The van der Waals surface area contributed by atoms with Gasteiger partial charge in [-0.25, -0.2) is 4.98 Å². The van der Waals surface area contributed by atoms with Crippen LogP contribution in [0.5, 0.6) is 0 Å². The van der Waals surface area contributed by atoms with Gasteiger partial charge < -0.3 is 4.42 Å². The van der Waals surface area contributed by atoms with Gasteiger partial charge in [-0.3, -0.25) is 4.57 Å². The summed E-state index contributed by atoms with van der Waals surface area (Å²) in [5.74, 6) is 0.741. The fraction of sp³-hybridized carbons (Fsp3) is 0.0196. The largest absolute Gasteiger partial charge is 0.436 e. The van der Waals surface area contributed by atoms with Crippen LogP contribution in [-0.4, -0.2) is 14.5 Å². The van der Waals surface area contributed by atoms with E-state index in [2.05, 4.69) is 162 Å². The Morgan fingerprint density at radius 2 is 1.02 bits per heavy atom. The van der Waals surface area contributed by atoms with Crippen LogP contribution in [0, 0.1) is 0 Å². The average Bonchev–Trinajstić information content (AvgIpc) is 3.95. The number of furan rings is 1. The second kappa shape index (κ2) is 10.4. The standard InChI is InChI=1S/C51H29N3O/c1-2-14-31-29-45-39(27-30(31)13-1)37-18-6-11-23-44(37)54(45)49-47(52-48-38-19-7-12-24-46(38)55-50(48)53-49)32-25-26-36-35-17-5-10-22-42(35)51(43(36)28-32)40-20-8-3-15-33(40)34-16-4-9-21-41(34)51/h1-29H. The predicted octanol–water partition coefficient (Wildman–Crippen LogP) is 12.6. The topological polar surface area (TPSA) is 43.9 Å². The highest BCUT2D eigenvalue weighted by atomic mass is 16.3. The molecule has 3 heterocycles. The molecule has 0 atom stereocenters. The van der Waals surface area contributed by atoms with Gasteiger partial charge >= 0.3 is 0 Å². The van der Waals surface area contributed by atoms with Gasteiger partial charge in [-0.2, -0.15) is 4.98 Å². The van der Waals surface area contributed by atoms with E-state index in [4.69, 9.17) is 14.4 Å². The molecule has 0 radical (unpaired) electrons. The second-order valence-electron chi connectivity index (χ2n) is 14.9. The minimum Gasteiger partial charge on any atom is -0.436 e. The summed E-state index contributed by atoms with van der Waals surface area (Å²) in [6, 6.07) is 63.7. The molecule has 0 unspecified atom stereocenters. The maximum Gasteiger partial charge on any atom is 0.248 e. The molecule has 0 aliphatic heterocycles. The number of benzene rings is 8. The van der Waals surface area contributed by atoms with E-state index in [0.29, 0.717) is 5.71 Å². The minimum atomic E-state index is -0.471. The van der Waals surface area contributed by atoms with Gasteiger partial charge in [0.25, 0.3) is 0 Å². The van der Waals surface area contributed by atoms with Gasteiger partial charge in [0.1, 0.15) is 16.8 Å². The van der Waals surface area contributed by atoms with Crippen molar-refractivity contribution in [2.45, 2.75) is 5.41 Å². The Morgan fingerprint density at radius 3 is 1.75 bits per heavy atom. The van der Waals surface area contributed by atoms with E-state index in [1.807, 2.05) is 18.2 Å². The van der Waals surface area contributed by atoms with Crippen LogP contribution >= 0.6 is 0 Å². The van der Waals surface area contributed by atoms with Gasteiger partial charge in [0.2, 0.25) is 5.71 Å².